The summed E-state index contributed by atoms with van der Waals surface area (Å²) in [5.74, 6) is 0. The number of aryl methyl sites for hydroxylation is 1. The summed E-state index contributed by atoms with van der Waals surface area (Å²) in [7, 11) is 0. The summed E-state index contributed by atoms with van der Waals surface area (Å²) in [4.78, 5) is 8.43. The average molecular weight is 1120 g/mol. The fourth-order valence-corrected chi connectivity index (χ4v) is 18.9. The maximum atomic E-state index is 6.67. The zero-order chi connectivity index (χ0) is 59.1. The Morgan fingerprint density at radius 1 is 0.376 bits per heavy atom. The Labute approximate surface area is 507 Å². The molecule has 2 atom stereocenters. The smallest absolute Gasteiger partial charge is 0.252 e. The van der Waals surface area contributed by atoms with Crippen LogP contribution in [0.5, 0.6) is 0 Å². The van der Waals surface area contributed by atoms with Crippen LogP contribution >= 0.6 is 0 Å². The predicted molar refractivity (Wildman–Crippen MR) is 362 cm³/mol. The minimum absolute atomic E-state index is 0.00157. The van der Waals surface area contributed by atoms with E-state index < -0.39 is 0 Å². The highest BCUT2D eigenvalue weighted by Gasteiger charge is 2.59. The molecule has 2 unspecified atom stereocenters. The number of fused-ring (bicyclic) bond motifs is 13. The lowest BCUT2D eigenvalue weighted by Crippen LogP contribution is -2.62. The highest BCUT2D eigenvalue weighted by atomic mass is 16.3. The second-order valence-corrected chi connectivity index (χ2v) is 32.1. The van der Waals surface area contributed by atoms with Gasteiger partial charge in [0.15, 0.2) is 0 Å². The minimum Gasteiger partial charge on any atom is -0.456 e. The molecule has 430 valence electrons. The van der Waals surface area contributed by atoms with Crippen molar-refractivity contribution in [2.45, 2.75) is 205 Å². The quantitative estimate of drug-likeness (QED) is 0.164. The van der Waals surface area contributed by atoms with Crippen LogP contribution < -0.4 is 31.1 Å². The number of hydrogen-bond donors (Lipinski definition) is 0. The van der Waals surface area contributed by atoms with Crippen molar-refractivity contribution in [3.8, 4) is 11.1 Å². The molecule has 8 aromatic carbocycles. The van der Waals surface area contributed by atoms with Gasteiger partial charge in [0.05, 0.1) is 5.54 Å². The number of rotatable bonds is 4. The van der Waals surface area contributed by atoms with E-state index in [0.717, 1.165) is 72.6 Å². The molecule has 5 heteroatoms. The summed E-state index contributed by atoms with van der Waals surface area (Å²) < 4.78 is 6.67. The largest absolute Gasteiger partial charge is 0.456 e. The molecule has 1 saturated carbocycles. The highest BCUT2D eigenvalue weighted by Crippen LogP contribution is 2.63. The van der Waals surface area contributed by atoms with Crippen molar-refractivity contribution >= 4 is 90.5 Å². The third-order valence-electron chi connectivity index (χ3n) is 24.0. The zero-order valence-corrected chi connectivity index (χ0v) is 53.5. The summed E-state index contributed by atoms with van der Waals surface area (Å²) in [5.41, 5.74) is 30.6. The molecule has 0 bridgehead atoms. The minimum atomic E-state index is -0.199. The molecule has 0 saturated heterocycles. The summed E-state index contributed by atoms with van der Waals surface area (Å²) in [6.07, 6.45) is 10.4. The SMILES string of the molecule is Cc1cc2c(cc1N1c3cc4c(cc3B3c5cc6c(cc5N(c5ccc7oc8ccccc8c7c5)c5cc(N7c8ccc(-c9ccccc9)cc8C8(C)CCCCC78C)cc1c53)C(C)(C)CCC6(C)C)C(C)(C)CCC4(C)C)C(C)(C)CC2(C)C. The lowest BCUT2D eigenvalue weighted by atomic mass is 9.32. The van der Waals surface area contributed by atoms with Gasteiger partial charge in [0.2, 0.25) is 0 Å². The van der Waals surface area contributed by atoms with Crippen LogP contribution in [0.15, 0.2) is 144 Å². The molecule has 7 aliphatic rings. The van der Waals surface area contributed by atoms with Crippen LogP contribution in [0.2, 0.25) is 0 Å². The van der Waals surface area contributed by atoms with Gasteiger partial charge in [0.25, 0.3) is 6.71 Å². The number of furan rings is 1. The fourth-order valence-electron chi connectivity index (χ4n) is 18.9. The van der Waals surface area contributed by atoms with Crippen molar-refractivity contribution in [1.82, 2.24) is 0 Å². The van der Waals surface area contributed by atoms with Crippen molar-refractivity contribution in [3.63, 3.8) is 0 Å². The van der Waals surface area contributed by atoms with Crippen molar-refractivity contribution in [3.05, 3.63) is 184 Å². The van der Waals surface area contributed by atoms with Crippen molar-refractivity contribution in [1.29, 1.82) is 0 Å². The molecule has 3 aliphatic heterocycles. The topological polar surface area (TPSA) is 22.9 Å². The van der Waals surface area contributed by atoms with E-state index in [1.165, 1.54) is 125 Å². The van der Waals surface area contributed by atoms with E-state index >= 15 is 0 Å². The Bertz CT molecular complexity index is 4380. The van der Waals surface area contributed by atoms with E-state index in [1.807, 2.05) is 0 Å². The summed E-state index contributed by atoms with van der Waals surface area (Å²) in [6, 6.07) is 55.8. The van der Waals surface area contributed by atoms with Gasteiger partial charge in [-0.3, -0.25) is 0 Å². The second kappa shape index (κ2) is 17.2. The van der Waals surface area contributed by atoms with Gasteiger partial charge >= 0.3 is 0 Å². The number of para-hydroxylation sites is 1. The Balaban J connectivity index is 1.07. The summed E-state index contributed by atoms with van der Waals surface area (Å²) in [5, 5.41) is 2.30. The molecular weight excluding hydrogens is 1030 g/mol. The molecule has 0 amide bonds. The van der Waals surface area contributed by atoms with Crippen LogP contribution in [-0.2, 0) is 37.9 Å². The molecule has 4 aliphatic carbocycles. The van der Waals surface area contributed by atoms with Crippen LogP contribution in [0, 0.1) is 6.92 Å². The lowest BCUT2D eigenvalue weighted by Gasteiger charge is -2.52. The summed E-state index contributed by atoms with van der Waals surface area (Å²) in [6.45, 7) is 37.7. The molecular formula is C80H86BN3O. The van der Waals surface area contributed by atoms with Gasteiger partial charge in [-0.25, -0.2) is 0 Å². The fraction of sp³-hybridized carbons (Fsp3) is 0.400. The molecule has 1 fully saturated rings. The van der Waals surface area contributed by atoms with E-state index in [0.29, 0.717) is 0 Å². The molecule has 4 heterocycles. The van der Waals surface area contributed by atoms with Gasteiger partial charge in [-0.15, -0.1) is 0 Å². The molecule has 0 radical (unpaired) electrons. The average Bonchev–Trinajstić information content (AvgIpc) is 1.59. The second-order valence-electron chi connectivity index (χ2n) is 32.1. The molecule has 0 spiro atoms. The maximum absolute atomic E-state index is 6.67. The van der Waals surface area contributed by atoms with E-state index in [9.17, 15) is 0 Å². The highest BCUT2D eigenvalue weighted by molar-refractivity contribution is 7.00. The summed E-state index contributed by atoms with van der Waals surface area (Å²) >= 11 is 0. The molecule has 1 aromatic heterocycles. The van der Waals surface area contributed by atoms with E-state index in [1.54, 1.807) is 0 Å². The molecule has 85 heavy (non-hydrogen) atoms. The van der Waals surface area contributed by atoms with Crippen LogP contribution in [0.25, 0.3) is 33.1 Å². The Hall–Kier alpha value is -6.98. The van der Waals surface area contributed by atoms with Crippen LogP contribution in [0.1, 0.15) is 199 Å². The third kappa shape index (κ3) is 7.28. The van der Waals surface area contributed by atoms with Crippen LogP contribution in [0.4, 0.5) is 45.5 Å². The Morgan fingerprint density at radius 2 is 0.906 bits per heavy atom. The molecule has 9 aromatic rings. The molecule has 4 nitrogen and oxygen atoms in total. The van der Waals surface area contributed by atoms with Gasteiger partial charge in [0, 0.05) is 61.7 Å². The van der Waals surface area contributed by atoms with Crippen LogP contribution in [0.3, 0.4) is 0 Å². The van der Waals surface area contributed by atoms with Gasteiger partial charge in [-0.2, -0.15) is 0 Å². The maximum Gasteiger partial charge on any atom is 0.252 e. The number of nitrogens with zero attached hydrogens (tertiary/aromatic N) is 3. The third-order valence-corrected chi connectivity index (χ3v) is 24.0. The number of benzene rings is 8. The predicted octanol–water partition coefficient (Wildman–Crippen LogP) is 20.0. The monoisotopic (exact) mass is 1120 g/mol. The van der Waals surface area contributed by atoms with E-state index in [-0.39, 0.29) is 50.2 Å². The first-order chi connectivity index (χ1) is 40.2. The first kappa shape index (κ1) is 53.5. The lowest BCUT2D eigenvalue weighted by molar-refractivity contribution is 0.195. The zero-order valence-electron chi connectivity index (χ0n) is 53.5. The number of anilines is 8. The van der Waals surface area contributed by atoms with Crippen molar-refractivity contribution in [2.75, 3.05) is 14.7 Å². The molecule has 16 rings (SSSR count). The Morgan fingerprint density at radius 3 is 1.55 bits per heavy atom. The first-order valence-electron chi connectivity index (χ1n) is 32.4. The van der Waals surface area contributed by atoms with Crippen molar-refractivity contribution in [2.24, 2.45) is 0 Å². The van der Waals surface area contributed by atoms with Gasteiger partial charge in [-0.05, 0) is 230 Å². The van der Waals surface area contributed by atoms with Gasteiger partial charge in [-0.1, -0.05) is 176 Å². The first-order valence-corrected chi connectivity index (χ1v) is 32.4. The van der Waals surface area contributed by atoms with Crippen LogP contribution in [-0.4, -0.2) is 12.3 Å². The van der Waals surface area contributed by atoms with Crippen molar-refractivity contribution < 1.29 is 4.42 Å². The van der Waals surface area contributed by atoms with Gasteiger partial charge in [0.1, 0.15) is 11.2 Å². The van der Waals surface area contributed by atoms with E-state index in [2.05, 4.69) is 258 Å². The van der Waals surface area contributed by atoms with E-state index in [4.69, 9.17) is 4.42 Å². The Kier molecular flexibility index (Phi) is 10.8. The van der Waals surface area contributed by atoms with Gasteiger partial charge < -0.3 is 19.1 Å². The normalized spacial score (nSPS) is 23.6. The number of hydrogen-bond acceptors (Lipinski definition) is 4. The molecule has 0 N–H and O–H groups in total. The standard InChI is InChI=1S/C80H86BN3O/c1-48-37-55-60(78(12,13)47-77(55,10)11)44-65(48)83-67-46-59-57(74(4,5)34-36-76(59,8)9)43-63(67)81-62-42-56-58(75(6,7)35-33-73(56,2)3)45-66(62)82(51-28-30-71-54(39-51)53-25-19-20-26-70(53)85-71)68-40-52(41-69(83)72(68)81)84-64-29-27-50(49-23-17-16-18-24-49)38-61(64)79(14)31-21-22-32-80(79,84)15/h16-20,23-30,37-46H,21-22,31-36,47H2,1-15H3.